The average molecular weight is 279 g/mol. The molecule has 0 bridgehead atoms. The van der Waals surface area contributed by atoms with E-state index in [4.69, 9.17) is 4.98 Å². The minimum Gasteiger partial charge on any atom is -0.370 e. The Hall–Kier alpha value is -2.29. The molecule has 0 atom stereocenters. The summed E-state index contributed by atoms with van der Waals surface area (Å²) in [6.07, 6.45) is 0. The van der Waals surface area contributed by atoms with Gasteiger partial charge in [0.05, 0.1) is 0 Å². The van der Waals surface area contributed by atoms with Gasteiger partial charge >= 0.3 is 0 Å². The predicted octanol–water partition coefficient (Wildman–Crippen LogP) is 4.36. The van der Waals surface area contributed by atoms with Gasteiger partial charge in [-0.15, -0.1) is 0 Å². The van der Waals surface area contributed by atoms with Crippen molar-refractivity contribution < 1.29 is 0 Å². The Bertz CT molecular complexity index is 779. The third-order valence-corrected chi connectivity index (χ3v) is 3.68. The van der Waals surface area contributed by atoms with Crippen LogP contribution >= 0.6 is 0 Å². The molecule has 3 aromatic rings. The van der Waals surface area contributed by atoms with Crippen molar-refractivity contribution >= 4 is 11.5 Å². The second-order valence-electron chi connectivity index (χ2n) is 5.58. The SMILES string of the molecule is CCNc1c(-c2cc(C)cc(C)c2)nc2cccc(C)n12. The molecule has 0 amide bonds. The number of rotatable bonds is 3. The lowest BCUT2D eigenvalue weighted by Gasteiger charge is -2.09. The Labute approximate surface area is 125 Å². The van der Waals surface area contributed by atoms with Crippen molar-refractivity contribution in [1.82, 2.24) is 9.38 Å². The van der Waals surface area contributed by atoms with Crippen molar-refractivity contribution in [3.05, 3.63) is 53.2 Å². The summed E-state index contributed by atoms with van der Waals surface area (Å²) in [6.45, 7) is 9.36. The number of nitrogens with one attached hydrogen (secondary N) is 1. The first-order valence-corrected chi connectivity index (χ1v) is 7.40. The smallest absolute Gasteiger partial charge is 0.139 e. The van der Waals surface area contributed by atoms with Gasteiger partial charge in [-0.05, 0) is 52.0 Å². The molecule has 3 nitrogen and oxygen atoms in total. The van der Waals surface area contributed by atoms with Gasteiger partial charge in [-0.25, -0.2) is 4.98 Å². The number of anilines is 1. The second kappa shape index (κ2) is 5.24. The predicted molar refractivity (Wildman–Crippen MR) is 89.0 cm³/mol. The minimum absolute atomic E-state index is 0.875. The normalized spacial score (nSPS) is 11.0. The highest BCUT2D eigenvalue weighted by Crippen LogP contribution is 2.30. The molecule has 21 heavy (non-hydrogen) atoms. The fourth-order valence-electron chi connectivity index (χ4n) is 2.90. The van der Waals surface area contributed by atoms with E-state index >= 15 is 0 Å². The Balaban J connectivity index is 2.31. The summed E-state index contributed by atoms with van der Waals surface area (Å²) >= 11 is 0. The maximum Gasteiger partial charge on any atom is 0.139 e. The van der Waals surface area contributed by atoms with Gasteiger partial charge in [0, 0.05) is 17.8 Å². The lowest BCUT2D eigenvalue weighted by molar-refractivity contribution is 1.06. The summed E-state index contributed by atoms with van der Waals surface area (Å²) < 4.78 is 2.19. The quantitative estimate of drug-likeness (QED) is 0.772. The van der Waals surface area contributed by atoms with Crippen LogP contribution in [-0.4, -0.2) is 15.9 Å². The number of nitrogens with zero attached hydrogens (tertiary/aromatic N) is 2. The average Bonchev–Trinajstić information content (AvgIpc) is 2.78. The Morgan fingerprint density at radius 2 is 1.76 bits per heavy atom. The molecule has 0 fully saturated rings. The molecule has 0 saturated carbocycles. The van der Waals surface area contributed by atoms with Crippen molar-refractivity contribution in [2.75, 3.05) is 11.9 Å². The molecule has 2 aromatic heterocycles. The Morgan fingerprint density at radius 3 is 2.43 bits per heavy atom. The number of hydrogen-bond acceptors (Lipinski definition) is 2. The van der Waals surface area contributed by atoms with Crippen LogP contribution < -0.4 is 5.32 Å². The molecule has 0 saturated heterocycles. The molecule has 108 valence electrons. The Morgan fingerprint density at radius 1 is 1.05 bits per heavy atom. The third kappa shape index (κ3) is 2.40. The van der Waals surface area contributed by atoms with Crippen LogP contribution in [0, 0.1) is 20.8 Å². The minimum atomic E-state index is 0.875. The van der Waals surface area contributed by atoms with Crippen LogP contribution in [0.2, 0.25) is 0 Å². The van der Waals surface area contributed by atoms with E-state index in [1.807, 2.05) is 0 Å². The van der Waals surface area contributed by atoms with E-state index in [9.17, 15) is 0 Å². The van der Waals surface area contributed by atoms with Crippen LogP contribution in [0.4, 0.5) is 5.82 Å². The molecule has 3 heteroatoms. The summed E-state index contributed by atoms with van der Waals surface area (Å²) in [7, 11) is 0. The monoisotopic (exact) mass is 279 g/mol. The first kappa shape index (κ1) is 13.7. The van der Waals surface area contributed by atoms with Crippen molar-refractivity contribution in [1.29, 1.82) is 0 Å². The molecule has 3 rings (SSSR count). The molecule has 0 unspecified atom stereocenters. The first-order chi connectivity index (χ1) is 10.1. The van der Waals surface area contributed by atoms with Crippen molar-refractivity contribution in [3.8, 4) is 11.3 Å². The molecule has 0 aliphatic heterocycles. The standard InChI is InChI=1S/C18H21N3/c1-5-19-18-17(15-10-12(2)9-13(3)11-15)20-16-8-6-7-14(4)21(16)18/h6-11,19H,5H2,1-4H3. The van der Waals surface area contributed by atoms with Gasteiger partial charge in [-0.1, -0.05) is 23.3 Å². The highest BCUT2D eigenvalue weighted by molar-refractivity contribution is 5.77. The number of hydrogen-bond donors (Lipinski definition) is 1. The Kier molecular flexibility index (Phi) is 3.42. The zero-order valence-electron chi connectivity index (χ0n) is 13.1. The maximum atomic E-state index is 4.85. The zero-order valence-corrected chi connectivity index (χ0v) is 13.1. The molecule has 1 N–H and O–H groups in total. The molecule has 0 radical (unpaired) electrons. The van der Waals surface area contributed by atoms with Crippen LogP contribution in [0.15, 0.2) is 36.4 Å². The topological polar surface area (TPSA) is 29.3 Å². The summed E-state index contributed by atoms with van der Waals surface area (Å²) in [5.74, 6) is 1.08. The van der Waals surface area contributed by atoms with E-state index in [1.165, 1.54) is 22.4 Å². The van der Waals surface area contributed by atoms with Crippen LogP contribution in [-0.2, 0) is 0 Å². The number of aromatic nitrogens is 2. The summed E-state index contributed by atoms with van der Waals surface area (Å²) in [6, 6.07) is 12.8. The van der Waals surface area contributed by atoms with Gasteiger partial charge in [0.25, 0.3) is 0 Å². The largest absolute Gasteiger partial charge is 0.370 e. The molecule has 2 heterocycles. The van der Waals surface area contributed by atoms with Crippen molar-refractivity contribution in [2.45, 2.75) is 27.7 Å². The maximum absolute atomic E-state index is 4.85. The van der Waals surface area contributed by atoms with Gasteiger partial charge in [-0.2, -0.15) is 0 Å². The van der Waals surface area contributed by atoms with Gasteiger partial charge in [0.2, 0.25) is 0 Å². The molecular formula is C18H21N3. The number of aryl methyl sites for hydroxylation is 3. The molecule has 1 aromatic carbocycles. The van der Waals surface area contributed by atoms with Crippen LogP contribution in [0.5, 0.6) is 0 Å². The number of imidazole rings is 1. The highest BCUT2D eigenvalue weighted by atomic mass is 15.1. The van der Waals surface area contributed by atoms with Crippen LogP contribution in [0.25, 0.3) is 16.9 Å². The van der Waals surface area contributed by atoms with Gasteiger partial charge in [0.1, 0.15) is 17.2 Å². The lowest BCUT2D eigenvalue weighted by atomic mass is 10.1. The summed E-state index contributed by atoms with van der Waals surface area (Å²) in [4.78, 5) is 4.85. The second-order valence-corrected chi connectivity index (χ2v) is 5.58. The van der Waals surface area contributed by atoms with Crippen molar-refractivity contribution in [3.63, 3.8) is 0 Å². The van der Waals surface area contributed by atoms with Gasteiger partial charge < -0.3 is 5.32 Å². The highest BCUT2D eigenvalue weighted by Gasteiger charge is 2.15. The number of pyridine rings is 1. The number of fused-ring (bicyclic) bond motifs is 1. The molecule has 0 aliphatic rings. The fraction of sp³-hybridized carbons (Fsp3) is 0.278. The fourth-order valence-corrected chi connectivity index (χ4v) is 2.90. The van der Waals surface area contributed by atoms with E-state index < -0.39 is 0 Å². The van der Waals surface area contributed by atoms with E-state index in [0.717, 1.165) is 23.7 Å². The van der Waals surface area contributed by atoms with Gasteiger partial charge in [0.15, 0.2) is 0 Å². The first-order valence-electron chi connectivity index (χ1n) is 7.40. The van der Waals surface area contributed by atoms with E-state index in [2.05, 4.69) is 73.8 Å². The number of benzene rings is 1. The molecule has 0 aliphatic carbocycles. The molecular weight excluding hydrogens is 258 g/mol. The summed E-state index contributed by atoms with van der Waals surface area (Å²) in [5.41, 5.74) is 6.90. The van der Waals surface area contributed by atoms with Crippen LogP contribution in [0.1, 0.15) is 23.7 Å². The molecule has 0 spiro atoms. The third-order valence-electron chi connectivity index (χ3n) is 3.68. The van der Waals surface area contributed by atoms with Crippen LogP contribution in [0.3, 0.4) is 0 Å². The van der Waals surface area contributed by atoms with Crippen molar-refractivity contribution in [2.24, 2.45) is 0 Å². The van der Waals surface area contributed by atoms with E-state index in [0.29, 0.717) is 0 Å². The zero-order chi connectivity index (χ0) is 15.0. The lowest BCUT2D eigenvalue weighted by Crippen LogP contribution is -2.03. The van der Waals surface area contributed by atoms with E-state index in [-0.39, 0.29) is 0 Å². The summed E-state index contributed by atoms with van der Waals surface area (Å²) in [5, 5.41) is 3.48. The van der Waals surface area contributed by atoms with Gasteiger partial charge in [-0.3, -0.25) is 4.40 Å². The van der Waals surface area contributed by atoms with E-state index in [1.54, 1.807) is 0 Å².